The van der Waals surface area contributed by atoms with Crippen LogP contribution in [-0.4, -0.2) is 29.4 Å². The lowest BCUT2D eigenvalue weighted by atomic mass is 10.2. The average molecular weight is 457 g/mol. The zero-order chi connectivity index (χ0) is 22.2. The van der Waals surface area contributed by atoms with E-state index in [0.717, 1.165) is 5.56 Å². The van der Waals surface area contributed by atoms with Crippen LogP contribution in [0.3, 0.4) is 0 Å². The van der Waals surface area contributed by atoms with Crippen LogP contribution in [0.15, 0.2) is 54.7 Å². The third kappa shape index (κ3) is 5.79. The summed E-state index contributed by atoms with van der Waals surface area (Å²) in [6, 6.07) is 14.0. The number of nitriles is 1. The van der Waals surface area contributed by atoms with E-state index in [0.29, 0.717) is 39.5 Å². The molecule has 0 aliphatic carbocycles. The van der Waals surface area contributed by atoms with E-state index < -0.39 is 0 Å². The largest absolute Gasteiger partial charge is 0.493 e. The van der Waals surface area contributed by atoms with Crippen LogP contribution in [0.4, 0.5) is 5.82 Å². The smallest absolute Gasteiger partial charge is 0.249 e. The monoisotopic (exact) mass is 456 g/mol. The molecule has 7 nitrogen and oxygen atoms in total. The summed E-state index contributed by atoms with van der Waals surface area (Å²) in [6.45, 7) is 0.229. The quantitative estimate of drug-likeness (QED) is 0.491. The van der Waals surface area contributed by atoms with Crippen LogP contribution in [0.2, 0.25) is 10.0 Å². The lowest BCUT2D eigenvalue weighted by molar-refractivity contribution is -0.111. The minimum absolute atomic E-state index is 0.0823. The summed E-state index contributed by atoms with van der Waals surface area (Å²) in [6.07, 6.45) is 4.61. The fourth-order valence-corrected chi connectivity index (χ4v) is 3.27. The molecule has 0 saturated carbocycles. The fourth-order valence-electron chi connectivity index (χ4n) is 2.75. The first kappa shape index (κ1) is 22.2. The van der Waals surface area contributed by atoms with Crippen molar-refractivity contribution in [2.45, 2.75) is 6.54 Å². The molecule has 0 atom stereocenters. The molecule has 1 amide bonds. The second-order valence-electron chi connectivity index (χ2n) is 6.25. The lowest BCUT2D eigenvalue weighted by Gasteiger charge is -2.11. The molecular weight excluding hydrogens is 439 g/mol. The van der Waals surface area contributed by atoms with Gasteiger partial charge in [-0.3, -0.25) is 4.79 Å². The van der Waals surface area contributed by atoms with Crippen LogP contribution in [0.1, 0.15) is 11.1 Å². The van der Waals surface area contributed by atoms with Gasteiger partial charge >= 0.3 is 0 Å². The summed E-state index contributed by atoms with van der Waals surface area (Å²) >= 11 is 12.5. The van der Waals surface area contributed by atoms with Gasteiger partial charge in [0.2, 0.25) is 5.91 Å². The molecule has 31 heavy (non-hydrogen) atoms. The van der Waals surface area contributed by atoms with E-state index in [1.807, 2.05) is 6.07 Å². The molecule has 0 unspecified atom stereocenters. The summed E-state index contributed by atoms with van der Waals surface area (Å²) in [5.41, 5.74) is 1.44. The minimum atomic E-state index is -0.337. The van der Waals surface area contributed by atoms with Crippen LogP contribution >= 0.6 is 23.2 Å². The highest BCUT2D eigenvalue weighted by atomic mass is 35.5. The Kier molecular flexibility index (Phi) is 7.55. The second-order valence-corrected chi connectivity index (χ2v) is 7.07. The maximum absolute atomic E-state index is 12.4. The van der Waals surface area contributed by atoms with Crippen LogP contribution in [0.25, 0.3) is 6.08 Å². The van der Waals surface area contributed by atoms with Crippen LogP contribution < -0.4 is 14.8 Å². The first-order valence-corrected chi connectivity index (χ1v) is 9.89. The van der Waals surface area contributed by atoms with Gasteiger partial charge in [0.1, 0.15) is 11.9 Å². The van der Waals surface area contributed by atoms with Crippen molar-refractivity contribution < 1.29 is 14.3 Å². The van der Waals surface area contributed by atoms with Gasteiger partial charge in [-0.05, 0) is 35.9 Å². The van der Waals surface area contributed by atoms with Gasteiger partial charge in [0.05, 0.1) is 19.9 Å². The maximum Gasteiger partial charge on any atom is 0.249 e. The topological polar surface area (TPSA) is 89.2 Å². The number of rotatable bonds is 8. The molecule has 0 fully saturated rings. The number of benzene rings is 2. The van der Waals surface area contributed by atoms with E-state index in [4.69, 9.17) is 37.9 Å². The fraction of sp³-hybridized carbons (Fsp3) is 0.136. The molecule has 3 rings (SSSR count). The van der Waals surface area contributed by atoms with Crippen molar-refractivity contribution in [3.63, 3.8) is 0 Å². The molecule has 0 spiro atoms. The third-order valence-electron chi connectivity index (χ3n) is 4.24. The normalized spacial score (nSPS) is 10.6. The highest BCUT2D eigenvalue weighted by Gasteiger charge is 2.11. The Morgan fingerprint density at radius 3 is 2.71 bits per heavy atom. The molecule has 1 heterocycles. The number of anilines is 1. The van der Waals surface area contributed by atoms with E-state index >= 15 is 0 Å². The predicted molar refractivity (Wildman–Crippen MR) is 120 cm³/mol. The Morgan fingerprint density at radius 2 is 2.00 bits per heavy atom. The van der Waals surface area contributed by atoms with Crippen molar-refractivity contribution in [2.75, 3.05) is 19.0 Å². The molecule has 0 radical (unpaired) electrons. The molecule has 0 aliphatic rings. The first-order valence-electron chi connectivity index (χ1n) is 9.13. The van der Waals surface area contributed by atoms with Gasteiger partial charge in [0, 0.05) is 27.8 Å². The van der Waals surface area contributed by atoms with Crippen molar-refractivity contribution >= 4 is 41.0 Å². The van der Waals surface area contributed by atoms with Gasteiger partial charge in [-0.2, -0.15) is 10.4 Å². The van der Waals surface area contributed by atoms with E-state index in [1.54, 1.807) is 59.4 Å². The third-order valence-corrected chi connectivity index (χ3v) is 4.95. The van der Waals surface area contributed by atoms with Crippen molar-refractivity contribution in [3.05, 3.63) is 75.9 Å². The number of carbonyl (C=O) groups is 1. The lowest BCUT2D eigenvalue weighted by Crippen LogP contribution is -2.14. The number of methoxy groups -OCH3 is 1. The summed E-state index contributed by atoms with van der Waals surface area (Å²) in [5, 5.41) is 16.7. The predicted octanol–water partition coefficient (Wildman–Crippen LogP) is 4.80. The number of hydrogen-bond donors (Lipinski definition) is 1. The average Bonchev–Trinajstić information content (AvgIpc) is 3.20. The Morgan fingerprint density at radius 1 is 1.23 bits per heavy atom. The highest BCUT2D eigenvalue weighted by molar-refractivity contribution is 6.36. The number of aromatic nitrogens is 2. The van der Waals surface area contributed by atoms with E-state index in [9.17, 15) is 4.79 Å². The Hall–Kier alpha value is -3.47. The Balaban J connectivity index is 1.69. The van der Waals surface area contributed by atoms with E-state index in [-0.39, 0.29) is 12.5 Å². The van der Waals surface area contributed by atoms with Crippen LogP contribution in [0, 0.1) is 11.3 Å². The molecule has 0 saturated heterocycles. The number of hydrogen-bond acceptors (Lipinski definition) is 5. The molecule has 158 valence electrons. The zero-order valence-electron chi connectivity index (χ0n) is 16.5. The highest BCUT2D eigenvalue weighted by Crippen LogP contribution is 2.29. The van der Waals surface area contributed by atoms with Crippen molar-refractivity contribution in [3.8, 4) is 17.6 Å². The molecule has 3 aromatic rings. The summed E-state index contributed by atoms with van der Waals surface area (Å²) in [5.74, 6) is 1.08. The van der Waals surface area contributed by atoms with Crippen LogP contribution in [-0.2, 0) is 11.3 Å². The number of nitrogens with zero attached hydrogens (tertiary/aromatic N) is 3. The molecule has 0 bridgehead atoms. The van der Waals surface area contributed by atoms with Crippen molar-refractivity contribution in [2.24, 2.45) is 0 Å². The molecular formula is C22H18Cl2N4O3. The summed E-state index contributed by atoms with van der Waals surface area (Å²) in [4.78, 5) is 12.4. The van der Waals surface area contributed by atoms with Gasteiger partial charge in [0.15, 0.2) is 18.1 Å². The van der Waals surface area contributed by atoms with E-state index in [1.165, 1.54) is 13.2 Å². The number of amides is 1. The zero-order valence-corrected chi connectivity index (χ0v) is 18.0. The van der Waals surface area contributed by atoms with Gasteiger partial charge in [0.25, 0.3) is 0 Å². The van der Waals surface area contributed by atoms with Crippen LogP contribution in [0.5, 0.6) is 11.5 Å². The minimum Gasteiger partial charge on any atom is -0.493 e. The van der Waals surface area contributed by atoms with Gasteiger partial charge in [-0.1, -0.05) is 35.3 Å². The van der Waals surface area contributed by atoms with Gasteiger partial charge < -0.3 is 14.8 Å². The molecule has 1 N–H and O–H groups in total. The number of carbonyl (C=O) groups excluding carboxylic acids is 1. The van der Waals surface area contributed by atoms with Gasteiger partial charge in [-0.25, -0.2) is 4.68 Å². The molecule has 2 aromatic carbocycles. The van der Waals surface area contributed by atoms with Crippen molar-refractivity contribution in [1.82, 2.24) is 9.78 Å². The maximum atomic E-state index is 12.4. The van der Waals surface area contributed by atoms with E-state index in [2.05, 4.69) is 10.4 Å². The standard InChI is InChI=1S/C22H18Cl2N4O3/c1-30-20-13-15(5-7-19(20)31-12-10-25)6-8-22(29)27-21-9-11-26-28(21)14-16-17(23)3-2-4-18(16)24/h2-9,11,13H,12,14H2,1H3,(H,27,29)/b8-6+. The summed E-state index contributed by atoms with van der Waals surface area (Å²) in [7, 11) is 1.50. The molecule has 0 aliphatic heterocycles. The Labute approximate surface area is 189 Å². The number of ether oxygens (including phenoxy) is 2. The number of nitrogens with one attached hydrogen (secondary N) is 1. The van der Waals surface area contributed by atoms with Gasteiger partial charge in [-0.15, -0.1) is 0 Å². The second kappa shape index (κ2) is 10.5. The molecule has 9 heteroatoms. The number of halogens is 2. The first-order chi connectivity index (χ1) is 15.0. The summed E-state index contributed by atoms with van der Waals surface area (Å²) < 4.78 is 12.2. The Bertz CT molecular complexity index is 1130. The molecule has 1 aromatic heterocycles. The SMILES string of the molecule is COc1cc(/C=C/C(=O)Nc2ccnn2Cc2c(Cl)cccc2Cl)ccc1OCC#N. The van der Waals surface area contributed by atoms with Crippen molar-refractivity contribution in [1.29, 1.82) is 5.26 Å².